The summed E-state index contributed by atoms with van der Waals surface area (Å²) in [5.41, 5.74) is 1.75. The van der Waals surface area contributed by atoms with Gasteiger partial charge in [0.1, 0.15) is 5.82 Å². The number of aliphatic hydroxyl groups is 1. The Morgan fingerprint density at radius 2 is 1.87 bits per heavy atom. The number of aliphatic hydroxyl groups excluding tert-OH is 1. The maximum atomic E-state index is 9.14. The van der Waals surface area contributed by atoms with Gasteiger partial charge in [0, 0.05) is 17.4 Å². The lowest BCUT2D eigenvalue weighted by molar-refractivity contribution is 0.282. The monoisotopic (exact) mass is 200 g/mol. The Morgan fingerprint density at radius 1 is 1.07 bits per heavy atom. The number of hydrogen-bond donors (Lipinski definition) is 2. The van der Waals surface area contributed by atoms with E-state index in [1.807, 2.05) is 42.5 Å². The zero-order valence-electron chi connectivity index (χ0n) is 8.22. The first-order valence-electron chi connectivity index (χ1n) is 4.77. The number of aromatic nitrogens is 1. The van der Waals surface area contributed by atoms with E-state index in [0.29, 0.717) is 0 Å². The molecule has 1 heterocycles. The molecule has 0 aliphatic carbocycles. The Morgan fingerprint density at radius 3 is 2.60 bits per heavy atom. The maximum Gasteiger partial charge on any atom is 0.130 e. The van der Waals surface area contributed by atoms with Crippen molar-refractivity contribution < 1.29 is 5.11 Å². The van der Waals surface area contributed by atoms with Gasteiger partial charge in [0.05, 0.1) is 6.61 Å². The molecule has 0 aliphatic heterocycles. The van der Waals surface area contributed by atoms with E-state index in [1.54, 1.807) is 6.20 Å². The molecule has 0 atom stereocenters. The molecule has 15 heavy (non-hydrogen) atoms. The average molecular weight is 200 g/mol. The highest BCUT2D eigenvalue weighted by atomic mass is 16.3. The zero-order valence-corrected chi connectivity index (χ0v) is 8.22. The van der Waals surface area contributed by atoms with Crippen molar-refractivity contribution in [3.8, 4) is 0 Å². The first-order chi connectivity index (χ1) is 7.40. The molecule has 2 aromatic rings. The van der Waals surface area contributed by atoms with Crippen LogP contribution in [0, 0.1) is 0 Å². The van der Waals surface area contributed by atoms with Gasteiger partial charge in [-0.3, -0.25) is 0 Å². The summed E-state index contributed by atoms with van der Waals surface area (Å²) < 4.78 is 0. The van der Waals surface area contributed by atoms with E-state index in [9.17, 15) is 0 Å². The summed E-state index contributed by atoms with van der Waals surface area (Å²) in [6.45, 7) is 0.0238. The Balaban J connectivity index is 2.24. The largest absolute Gasteiger partial charge is 0.392 e. The molecule has 3 heteroatoms. The molecule has 0 bridgehead atoms. The molecule has 2 N–H and O–H groups in total. The number of rotatable bonds is 3. The number of hydrogen-bond acceptors (Lipinski definition) is 3. The van der Waals surface area contributed by atoms with Crippen molar-refractivity contribution >= 4 is 11.5 Å². The lowest BCUT2D eigenvalue weighted by atomic mass is 10.2. The predicted octanol–water partition coefficient (Wildman–Crippen LogP) is 2.32. The van der Waals surface area contributed by atoms with Crippen LogP contribution >= 0.6 is 0 Å². The molecule has 0 saturated carbocycles. The highest BCUT2D eigenvalue weighted by molar-refractivity contribution is 5.60. The Kier molecular flexibility index (Phi) is 2.95. The van der Waals surface area contributed by atoms with Crippen LogP contribution in [0.4, 0.5) is 11.5 Å². The van der Waals surface area contributed by atoms with Gasteiger partial charge in [-0.2, -0.15) is 0 Å². The van der Waals surface area contributed by atoms with Gasteiger partial charge in [-0.05, 0) is 18.2 Å². The molecular formula is C12H12N2O. The minimum Gasteiger partial charge on any atom is -0.392 e. The quantitative estimate of drug-likeness (QED) is 0.799. The van der Waals surface area contributed by atoms with Gasteiger partial charge in [0.25, 0.3) is 0 Å². The lowest BCUT2D eigenvalue weighted by Crippen LogP contribution is -1.96. The third-order valence-electron chi connectivity index (χ3n) is 2.12. The van der Waals surface area contributed by atoms with Crippen molar-refractivity contribution in [1.82, 2.24) is 4.98 Å². The highest BCUT2D eigenvalue weighted by Gasteiger charge is 2.00. The molecule has 0 radical (unpaired) electrons. The first kappa shape index (κ1) is 9.68. The summed E-state index contributed by atoms with van der Waals surface area (Å²) in [6, 6.07) is 13.3. The van der Waals surface area contributed by atoms with E-state index in [4.69, 9.17) is 5.11 Å². The number of anilines is 2. The van der Waals surface area contributed by atoms with E-state index in [0.717, 1.165) is 17.1 Å². The third kappa shape index (κ3) is 2.33. The number of para-hydroxylation sites is 1. The molecule has 3 nitrogen and oxygen atoms in total. The standard InChI is InChI=1S/C12H12N2O/c15-9-10-5-1-2-6-11(10)14-12-7-3-4-8-13-12/h1-8,15H,9H2,(H,13,14). The molecule has 1 aromatic carbocycles. The smallest absolute Gasteiger partial charge is 0.130 e. The number of benzene rings is 1. The maximum absolute atomic E-state index is 9.14. The van der Waals surface area contributed by atoms with Crippen molar-refractivity contribution in [3.05, 3.63) is 54.2 Å². The van der Waals surface area contributed by atoms with Crippen LogP contribution in [0.3, 0.4) is 0 Å². The van der Waals surface area contributed by atoms with Crippen LogP contribution in [0.15, 0.2) is 48.7 Å². The molecular weight excluding hydrogens is 188 g/mol. The number of nitrogens with zero attached hydrogens (tertiary/aromatic N) is 1. The van der Waals surface area contributed by atoms with Crippen LogP contribution in [-0.4, -0.2) is 10.1 Å². The summed E-state index contributed by atoms with van der Waals surface area (Å²) in [4.78, 5) is 4.16. The van der Waals surface area contributed by atoms with Crippen molar-refractivity contribution in [1.29, 1.82) is 0 Å². The van der Waals surface area contributed by atoms with Crippen molar-refractivity contribution in [2.75, 3.05) is 5.32 Å². The Bertz CT molecular complexity index is 429. The summed E-state index contributed by atoms with van der Waals surface area (Å²) in [6.07, 6.45) is 1.73. The molecule has 2 rings (SSSR count). The van der Waals surface area contributed by atoms with Crippen LogP contribution in [0.2, 0.25) is 0 Å². The SMILES string of the molecule is OCc1ccccc1Nc1ccccn1. The van der Waals surface area contributed by atoms with Crippen LogP contribution in [0.25, 0.3) is 0 Å². The molecule has 0 spiro atoms. The second-order valence-corrected chi connectivity index (χ2v) is 3.16. The summed E-state index contributed by atoms with van der Waals surface area (Å²) in [5, 5.41) is 12.3. The van der Waals surface area contributed by atoms with Gasteiger partial charge in [0.2, 0.25) is 0 Å². The van der Waals surface area contributed by atoms with Crippen LogP contribution < -0.4 is 5.32 Å². The lowest BCUT2D eigenvalue weighted by Gasteiger charge is -2.08. The van der Waals surface area contributed by atoms with Crippen LogP contribution in [-0.2, 0) is 6.61 Å². The van der Waals surface area contributed by atoms with Crippen LogP contribution in [0.1, 0.15) is 5.56 Å². The topological polar surface area (TPSA) is 45.1 Å². The third-order valence-corrected chi connectivity index (χ3v) is 2.12. The fourth-order valence-corrected chi connectivity index (χ4v) is 1.35. The minimum atomic E-state index is 0.0238. The molecule has 0 amide bonds. The molecule has 0 fully saturated rings. The van der Waals surface area contributed by atoms with Gasteiger partial charge >= 0.3 is 0 Å². The van der Waals surface area contributed by atoms with Crippen molar-refractivity contribution in [2.24, 2.45) is 0 Å². The molecule has 1 aromatic heterocycles. The highest BCUT2D eigenvalue weighted by Crippen LogP contribution is 2.18. The fraction of sp³-hybridized carbons (Fsp3) is 0.0833. The molecule has 0 aliphatic rings. The van der Waals surface area contributed by atoms with Gasteiger partial charge < -0.3 is 10.4 Å². The normalized spacial score (nSPS) is 9.93. The molecule has 0 saturated heterocycles. The van der Waals surface area contributed by atoms with Gasteiger partial charge in [-0.15, -0.1) is 0 Å². The van der Waals surface area contributed by atoms with E-state index in [1.165, 1.54) is 0 Å². The second kappa shape index (κ2) is 4.57. The van der Waals surface area contributed by atoms with E-state index in [-0.39, 0.29) is 6.61 Å². The Labute approximate surface area is 88.4 Å². The van der Waals surface area contributed by atoms with E-state index < -0.39 is 0 Å². The number of nitrogens with one attached hydrogen (secondary N) is 1. The van der Waals surface area contributed by atoms with Crippen molar-refractivity contribution in [2.45, 2.75) is 6.61 Å². The van der Waals surface area contributed by atoms with Gasteiger partial charge in [-0.1, -0.05) is 24.3 Å². The van der Waals surface area contributed by atoms with E-state index >= 15 is 0 Å². The summed E-state index contributed by atoms with van der Waals surface area (Å²) in [5.74, 6) is 0.776. The van der Waals surface area contributed by atoms with Gasteiger partial charge in [0.15, 0.2) is 0 Å². The summed E-state index contributed by atoms with van der Waals surface area (Å²) >= 11 is 0. The van der Waals surface area contributed by atoms with E-state index in [2.05, 4.69) is 10.3 Å². The Hall–Kier alpha value is -1.87. The molecule has 0 unspecified atom stereocenters. The fourth-order valence-electron chi connectivity index (χ4n) is 1.35. The number of pyridine rings is 1. The minimum absolute atomic E-state index is 0.0238. The van der Waals surface area contributed by atoms with Crippen molar-refractivity contribution in [3.63, 3.8) is 0 Å². The average Bonchev–Trinajstić information content (AvgIpc) is 2.31. The predicted molar refractivity (Wildman–Crippen MR) is 59.9 cm³/mol. The van der Waals surface area contributed by atoms with Crippen LogP contribution in [0.5, 0.6) is 0 Å². The first-order valence-corrected chi connectivity index (χ1v) is 4.77. The molecule has 76 valence electrons. The zero-order chi connectivity index (χ0) is 10.5. The van der Waals surface area contributed by atoms with Gasteiger partial charge in [-0.25, -0.2) is 4.98 Å². The second-order valence-electron chi connectivity index (χ2n) is 3.16. The summed E-state index contributed by atoms with van der Waals surface area (Å²) in [7, 11) is 0.